The zero-order valence-electron chi connectivity index (χ0n) is 11.5. The Balaban J connectivity index is 1.96. The van der Waals surface area contributed by atoms with E-state index >= 15 is 0 Å². The standard InChI is InChI=1S/C17H17NO2/c1-12-6-7-15(20-12)16(19)17(11-18)9-8-13-4-2-3-5-14(13)10-17/h2-7,16,19H,8-10H2,1H3. The van der Waals surface area contributed by atoms with Crippen LogP contribution in [-0.2, 0) is 12.8 Å². The number of hydrogen-bond acceptors (Lipinski definition) is 3. The second kappa shape index (κ2) is 4.81. The predicted molar refractivity (Wildman–Crippen MR) is 74.9 cm³/mol. The van der Waals surface area contributed by atoms with Crippen LogP contribution < -0.4 is 0 Å². The molecule has 0 saturated heterocycles. The first kappa shape index (κ1) is 13.0. The Bertz CT molecular complexity index is 668. The lowest BCUT2D eigenvalue weighted by Crippen LogP contribution is -2.33. The highest BCUT2D eigenvalue weighted by Gasteiger charge is 2.43. The van der Waals surface area contributed by atoms with Crippen molar-refractivity contribution in [3.8, 4) is 6.07 Å². The zero-order valence-corrected chi connectivity index (χ0v) is 11.5. The summed E-state index contributed by atoms with van der Waals surface area (Å²) in [4.78, 5) is 0. The van der Waals surface area contributed by atoms with Crippen molar-refractivity contribution < 1.29 is 9.52 Å². The number of rotatable bonds is 2. The number of aryl methyl sites for hydroxylation is 2. The zero-order chi connectivity index (χ0) is 14.2. The van der Waals surface area contributed by atoms with Gasteiger partial charge in [0.2, 0.25) is 0 Å². The van der Waals surface area contributed by atoms with Crippen LogP contribution in [-0.4, -0.2) is 5.11 Å². The highest BCUT2D eigenvalue weighted by atomic mass is 16.4. The third-order valence-electron chi connectivity index (χ3n) is 4.24. The maximum Gasteiger partial charge on any atom is 0.134 e. The van der Waals surface area contributed by atoms with E-state index < -0.39 is 11.5 Å². The number of nitriles is 1. The van der Waals surface area contributed by atoms with E-state index in [0.717, 1.165) is 17.7 Å². The Morgan fingerprint density at radius 3 is 2.65 bits per heavy atom. The average molecular weight is 267 g/mol. The summed E-state index contributed by atoms with van der Waals surface area (Å²) in [5, 5.41) is 20.3. The summed E-state index contributed by atoms with van der Waals surface area (Å²) in [5.74, 6) is 1.24. The van der Waals surface area contributed by atoms with Crippen molar-refractivity contribution in [2.24, 2.45) is 5.41 Å². The molecule has 0 saturated carbocycles. The molecular formula is C17H17NO2. The molecule has 0 radical (unpaired) electrons. The van der Waals surface area contributed by atoms with E-state index in [1.54, 1.807) is 6.07 Å². The van der Waals surface area contributed by atoms with Crippen molar-refractivity contribution >= 4 is 0 Å². The molecule has 2 aromatic rings. The van der Waals surface area contributed by atoms with Gasteiger partial charge in [0, 0.05) is 0 Å². The van der Waals surface area contributed by atoms with Crippen molar-refractivity contribution in [2.45, 2.75) is 32.3 Å². The van der Waals surface area contributed by atoms with Crippen LogP contribution in [0.2, 0.25) is 0 Å². The molecule has 1 aliphatic rings. The number of fused-ring (bicyclic) bond motifs is 1. The Labute approximate surface area is 118 Å². The van der Waals surface area contributed by atoms with E-state index in [0.29, 0.717) is 18.6 Å². The summed E-state index contributed by atoms with van der Waals surface area (Å²) < 4.78 is 5.51. The SMILES string of the molecule is Cc1ccc(C(O)C2(C#N)CCc3ccccc3C2)o1. The van der Waals surface area contributed by atoms with E-state index in [1.807, 2.05) is 31.2 Å². The van der Waals surface area contributed by atoms with Gasteiger partial charge >= 0.3 is 0 Å². The molecule has 3 rings (SSSR count). The van der Waals surface area contributed by atoms with Crippen LogP contribution in [0.3, 0.4) is 0 Å². The first-order valence-electron chi connectivity index (χ1n) is 6.87. The van der Waals surface area contributed by atoms with Crippen LogP contribution in [0.1, 0.15) is 35.2 Å². The quantitative estimate of drug-likeness (QED) is 0.908. The molecule has 1 aromatic carbocycles. The van der Waals surface area contributed by atoms with Gasteiger partial charge in [0.15, 0.2) is 0 Å². The van der Waals surface area contributed by atoms with Crippen LogP contribution in [0.15, 0.2) is 40.8 Å². The lowest BCUT2D eigenvalue weighted by Gasteiger charge is -2.35. The number of aliphatic hydroxyl groups excluding tert-OH is 1. The number of hydrogen-bond donors (Lipinski definition) is 1. The third-order valence-corrected chi connectivity index (χ3v) is 4.24. The van der Waals surface area contributed by atoms with Gasteiger partial charge in [0.05, 0.1) is 11.5 Å². The van der Waals surface area contributed by atoms with E-state index in [2.05, 4.69) is 12.1 Å². The van der Waals surface area contributed by atoms with Crippen LogP contribution >= 0.6 is 0 Å². The molecule has 1 aromatic heterocycles. The molecule has 20 heavy (non-hydrogen) atoms. The molecule has 1 heterocycles. The minimum atomic E-state index is -0.880. The predicted octanol–water partition coefficient (Wildman–Crippen LogP) is 3.32. The Morgan fingerprint density at radius 2 is 2.00 bits per heavy atom. The molecule has 0 bridgehead atoms. The summed E-state index contributed by atoms with van der Waals surface area (Å²) in [5.41, 5.74) is 1.64. The van der Waals surface area contributed by atoms with Crippen molar-refractivity contribution in [1.29, 1.82) is 5.26 Å². The first-order valence-corrected chi connectivity index (χ1v) is 6.87. The summed E-state index contributed by atoms with van der Waals surface area (Å²) in [6.07, 6.45) is 1.16. The van der Waals surface area contributed by atoms with Crippen LogP contribution in [0.25, 0.3) is 0 Å². The van der Waals surface area contributed by atoms with E-state index in [-0.39, 0.29) is 0 Å². The smallest absolute Gasteiger partial charge is 0.134 e. The van der Waals surface area contributed by atoms with Crippen LogP contribution in [0.4, 0.5) is 0 Å². The number of furan rings is 1. The van der Waals surface area contributed by atoms with Gasteiger partial charge < -0.3 is 9.52 Å². The maximum atomic E-state index is 10.6. The second-order valence-electron chi connectivity index (χ2n) is 5.56. The molecule has 1 aliphatic carbocycles. The van der Waals surface area contributed by atoms with Gasteiger partial charge in [-0.15, -0.1) is 0 Å². The Morgan fingerprint density at radius 1 is 1.25 bits per heavy atom. The minimum Gasteiger partial charge on any atom is -0.464 e. The van der Waals surface area contributed by atoms with E-state index in [1.165, 1.54) is 5.56 Å². The third kappa shape index (κ3) is 2.03. The molecule has 102 valence electrons. The average Bonchev–Trinajstić information content (AvgIpc) is 2.92. The van der Waals surface area contributed by atoms with Crippen molar-refractivity contribution in [3.05, 3.63) is 59.0 Å². The van der Waals surface area contributed by atoms with Gasteiger partial charge in [-0.25, -0.2) is 0 Å². The van der Waals surface area contributed by atoms with Gasteiger partial charge in [-0.05, 0) is 49.4 Å². The fraction of sp³-hybridized carbons (Fsp3) is 0.353. The molecule has 0 aliphatic heterocycles. The normalized spacial score (nSPS) is 22.9. The fourth-order valence-electron chi connectivity index (χ4n) is 3.02. The van der Waals surface area contributed by atoms with E-state index in [9.17, 15) is 10.4 Å². The second-order valence-corrected chi connectivity index (χ2v) is 5.56. The topological polar surface area (TPSA) is 57.2 Å². The van der Waals surface area contributed by atoms with Crippen molar-refractivity contribution in [1.82, 2.24) is 0 Å². The number of benzene rings is 1. The molecule has 0 amide bonds. The highest BCUT2D eigenvalue weighted by Crippen LogP contribution is 2.44. The maximum absolute atomic E-state index is 10.6. The summed E-state index contributed by atoms with van der Waals surface area (Å²) >= 11 is 0. The molecule has 0 spiro atoms. The minimum absolute atomic E-state index is 0.489. The first-order chi connectivity index (χ1) is 9.64. The van der Waals surface area contributed by atoms with Gasteiger partial charge in [0.1, 0.15) is 17.6 Å². The van der Waals surface area contributed by atoms with E-state index in [4.69, 9.17) is 4.42 Å². The fourth-order valence-corrected chi connectivity index (χ4v) is 3.02. The van der Waals surface area contributed by atoms with Crippen molar-refractivity contribution in [3.63, 3.8) is 0 Å². The van der Waals surface area contributed by atoms with Crippen molar-refractivity contribution in [2.75, 3.05) is 0 Å². The lowest BCUT2D eigenvalue weighted by atomic mass is 9.68. The van der Waals surface area contributed by atoms with Gasteiger partial charge in [-0.1, -0.05) is 24.3 Å². The van der Waals surface area contributed by atoms with Crippen LogP contribution in [0, 0.1) is 23.7 Å². The monoisotopic (exact) mass is 267 g/mol. The molecule has 2 atom stereocenters. The summed E-state index contributed by atoms with van der Waals surface area (Å²) in [6, 6.07) is 14.1. The van der Waals surface area contributed by atoms with Gasteiger partial charge in [-0.2, -0.15) is 5.26 Å². The Kier molecular flexibility index (Phi) is 3.11. The number of aliphatic hydroxyl groups is 1. The highest BCUT2D eigenvalue weighted by molar-refractivity contribution is 5.34. The molecule has 3 heteroatoms. The largest absolute Gasteiger partial charge is 0.464 e. The summed E-state index contributed by atoms with van der Waals surface area (Å²) in [6.45, 7) is 1.84. The molecule has 1 N–H and O–H groups in total. The van der Waals surface area contributed by atoms with Crippen LogP contribution in [0.5, 0.6) is 0 Å². The lowest BCUT2D eigenvalue weighted by molar-refractivity contribution is 0.0340. The molecule has 3 nitrogen and oxygen atoms in total. The number of nitrogens with zero attached hydrogens (tertiary/aromatic N) is 1. The Hall–Kier alpha value is -2.05. The molecular weight excluding hydrogens is 250 g/mol. The molecule has 2 unspecified atom stereocenters. The molecule has 0 fully saturated rings. The van der Waals surface area contributed by atoms with Gasteiger partial charge in [0.25, 0.3) is 0 Å². The summed E-state index contributed by atoms with van der Waals surface area (Å²) in [7, 11) is 0. The van der Waals surface area contributed by atoms with Gasteiger partial charge in [-0.3, -0.25) is 0 Å².